The largest absolute Gasteiger partial charge is 0.438 e. The Labute approximate surface area is 128 Å². The van der Waals surface area contributed by atoms with Gasteiger partial charge in [0.2, 0.25) is 5.88 Å². The van der Waals surface area contributed by atoms with E-state index in [1.807, 2.05) is 13.0 Å². The number of halogens is 4. The number of benzene rings is 1. The van der Waals surface area contributed by atoms with Crippen molar-refractivity contribution in [2.75, 3.05) is 0 Å². The van der Waals surface area contributed by atoms with Gasteiger partial charge in [0, 0.05) is 23.7 Å². The predicted octanol–water partition coefficient (Wildman–Crippen LogP) is 5.48. The highest BCUT2D eigenvalue weighted by Gasteiger charge is 2.10. The van der Waals surface area contributed by atoms with Crippen LogP contribution in [0.4, 0.5) is 4.39 Å². The molecule has 2 aromatic rings. The Hall–Kier alpha value is -0.840. The molecule has 0 spiro atoms. The smallest absolute Gasteiger partial charge is 0.219 e. The standard InChI is InChI=1S/C13H9BrCl2FNO/c1-7-2-8(6-15)3-13(18-7)19-12-5-11(17)10(16)4-9(12)14/h2-5H,6H2,1H3. The van der Waals surface area contributed by atoms with Crippen molar-refractivity contribution in [3.63, 3.8) is 0 Å². The Kier molecular flexibility index (Phi) is 4.66. The molecule has 0 bridgehead atoms. The van der Waals surface area contributed by atoms with Gasteiger partial charge >= 0.3 is 0 Å². The van der Waals surface area contributed by atoms with Gasteiger partial charge in [-0.25, -0.2) is 9.37 Å². The quantitative estimate of drug-likeness (QED) is 0.531. The highest BCUT2D eigenvalue weighted by Crippen LogP contribution is 2.33. The van der Waals surface area contributed by atoms with Gasteiger partial charge < -0.3 is 4.74 Å². The van der Waals surface area contributed by atoms with Crippen LogP contribution in [-0.2, 0) is 5.88 Å². The summed E-state index contributed by atoms with van der Waals surface area (Å²) in [5, 5.41) is 0.0258. The van der Waals surface area contributed by atoms with Gasteiger partial charge in [0.05, 0.1) is 9.50 Å². The van der Waals surface area contributed by atoms with E-state index in [0.717, 1.165) is 11.3 Å². The van der Waals surface area contributed by atoms with Crippen molar-refractivity contribution < 1.29 is 9.13 Å². The van der Waals surface area contributed by atoms with Crippen molar-refractivity contribution in [1.29, 1.82) is 0 Å². The summed E-state index contributed by atoms with van der Waals surface area (Å²) in [6.07, 6.45) is 0. The van der Waals surface area contributed by atoms with Crippen LogP contribution in [0.5, 0.6) is 11.6 Å². The molecule has 1 heterocycles. The minimum atomic E-state index is -0.551. The zero-order valence-corrected chi connectivity index (χ0v) is 13.0. The molecule has 0 unspecified atom stereocenters. The van der Waals surface area contributed by atoms with Gasteiger partial charge in [0.15, 0.2) is 0 Å². The summed E-state index contributed by atoms with van der Waals surface area (Å²) in [6, 6.07) is 6.21. The van der Waals surface area contributed by atoms with Crippen LogP contribution in [0.3, 0.4) is 0 Å². The van der Waals surface area contributed by atoms with E-state index in [-0.39, 0.29) is 5.02 Å². The monoisotopic (exact) mass is 363 g/mol. The molecule has 0 aliphatic carbocycles. The van der Waals surface area contributed by atoms with Crippen molar-refractivity contribution in [1.82, 2.24) is 4.98 Å². The van der Waals surface area contributed by atoms with Crippen LogP contribution >= 0.6 is 39.1 Å². The van der Waals surface area contributed by atoms with E-state index in [0.29, 0.717) is 22.0 Å². The molecule has 6 heteroatoms. The first kappa shape index (κ1) is 14.6. The summed E-state index contributed by atoms with van der Waals surface area (Å²) in [6.45, 7) is 1.83. The van der Waals surface area contributed by atoms with Gasteiger partial charge in [0.25, 0.3) is 0 Å². The van der Waals surface area contributed by atoms with Crippen LogP contribution in [0.15, 0.2) is 28.7 Å². The lowest BCUT2D eigenvalue weighted by atomic mass is 10.2. The third kappa shape index (κ3) is 3.59. The van der Waals surface area contributed by atoms with Crippen LogP contribution in [0.25, 0.3) is 0 Å². The highest BCUT2D eigenvalue weighted by atomic mass is 79.9. The number of aromatic nitrogens is 1. The van der Waals surface area contributed by atoms with E-state index < -0.39 is 5.82 Å². The Morgan fingerprint density at radius 2 is 2.05 bits per heavy atom. The third-order valence-electron chi connectivity index (χ3n) is 2.33. The van der Waals surface area contributed by atoms with Gasteiger partial charge in [0.1, 0.15) is 11.6 Å². The Bertz CT molecular complexity index is 622. The molecule has 0 amide bonds. The van der Waals surface area contributed by atoms with E-state index in [2.05, 4.69) is 20.9 Å². The number of ether oxygens (including phenoxy) is 1. The minimum absolute atomic E-state index is 0.0258. The number of rotatable bonds is 3. The van der Waals surface area contributed by atoms with Crippen LogP contribution in [-0.4, -0.2) is 4.98 Å². The first-order chi connectivity index (χ1) is 8.99. The Morgan fingerprint density at radius 3 is 2.74 bits per heavy atom. The fraction of sp³-hybridized carbons (Fsp3) is 0.154. The minimum Gasteiger partial charge on any atom is -0.438 e. The second kappa shape index (κ2) is 6.07. The molecule has 0 N–H and O–H groups in total. The molecule has 100 valence electrons. The summed E-state index contributed by atoms with van der Waals surface area (Å²) in [4.78, 5) is 4.21. The topological polar surface area (TPSA) is 22.1 Å². The first-order valence-electron chi connectivity index (χ1n) is 5.35. The molecular weight excluding hydrogens is 356 g/mol. The lowest BCUT2D eigenvalue weighted by Crippen LogP contribution is -1.94. The maximum absolute atomic E-state index is 13.4. The molecule has 0 radical (unpaired) electrons. The summed E-state index contributed by atoms with van der Waals surface area (Å²) in [5.74, 6) is 0.472. The molecule has 0 aliphatic rings. The van der Waals surface area contributed by atoms with E-state index >= 15 is 0 Å². The maximum Gasteiger partial charge on any atom is 0.219 e. The fourth-order valence-corrected chi connectivity index (χ4v) is 2.41. The van der Waals surface area contributed by atoms with Crippen molar-refractivity contribution in [3.05, 3.63) is 50.8 Å². The second-order valence-electron chi connectivity index (χ2n) is 3.89. The van der Waals surface area contributed by atoms with Crippen molar-refractivity contribution >= 4 is 39.1 Å². The summed E-state index contributed by atoms with van der Waals surface area (Å²) < 4.78 is 19.5. The number of hydrogen-bond donors (Lipinski definition) is 0. The van der Waals surface area contributed by atoms with E-state index in [4.69, 9.17) is 27.9 Å². The summed E-state index contributed by atoms with van der Waals surface area (Å²) in [5.41, 5.74) is 1.66. The third-order valence-corrected chi connectivity index (χ3v) is 3.55. The average molecular weight is 365 g/mol. The van der Waals surface area contributed by atoms with Crippen LogP contribution in [0, 0.1) is 12.7 Å². The Balaban J connectivity index is 2.36. The number of nitrogens with zero attached hydrogens (tertiary/aromatic N) is 1. The summed E-state index contributed by atoms with van der Waals surface area (Å²) >= 11 is 14.7. The fourth-order valence-electron chi connectivity index (χ4n) is 1.53. The highest BCUT2D eigenvalue weighted by molar-refractivity contribution is 9.10. The number of pyridine rings is 1. The molecule has 1 aromatic carbocycles. The molecule has 0 saturated heterocycles. The second-order valence-corrected chi connectivity index (χ2v) is 5.42. The predicted molar refractivity (Wildman–Crippen MR) is 77.7 cm³/mol. The molecule has 1 aromatic heterocycles. The lowest BCUT2D eigenvalue weighted by molar-refractivity contribution is 0.453. The summed E-state index contributed by atoms with van der Waals surface area (Å²) in [7, 11) is 0. The molecule has 19 heavy (non-hydrogen) atoms. The van der Waals surface area contributed by atoms with Crippen LogP contribution in [0.1, 0.15) is 11.3 Å². The molecule has 0 atom stereocenters. The van der Waals surface area contributed by atoms with Gasteiger partial charge in [-0.15, -0.1) is 11.6 Å². The maximum atomic E-state index is 13.4. The van der Waals surface area contributed by atoms with Gasteiger partial charge in [-0.05, 0) is 40.5 Å². The van der Waals surface area contributed by atoms with Crippen LogP contribution in [0.2, 0.25) is 5.02 Å². The Morgan fingerprint density at radius 1 is 1.32 bits per heavy atom. The molecule has 2 rings (SSSR count). The lowest BCUT2D eigenvalue weighted by Gasteiger charge is -2.09. The van der Waals surface area contributed by atoms with E-state index in [1.54, 1.807) is 6.07 Å². The zero-order chi connectivity index (χ0) is 14.0. The normalized spacial score (nSPS) is 10.6. The molecule has 0 aliphatic heterocycles. The zero-order valence-electron chi connectivity index (χ0n) is 9.88. The van der Waals surface area contributed by atoms with Crippen molar-refractivity contribution in [3.8, 4) is 11.6 Å². The number of aryl methyl sites for hydroxylation is 1. The molecular formula is C13H9BrCl2FNO. The van der Waals surface area contributed by atoms with Gasteiger partial charge in [-0.3, -0.25) is 0 Å². The van der Waals surface area contributed by atoms with Crippen LogP contribution < -0.4 is 4.74 Å². The van der Waals surface area contributed by atoms with Gasteiger partial charge in [-0.2, -0.15) is 0 Å². The molecule has 2 nitrogen and oxygen atoms in total. The van der Waals surface area contributed by atoms with Crippen molar-refractivity contribution in [2.45, 2.75) is 12.8 Å². The average Bonchev–Trinajstić information content (AvgIpc) is 2.35. The number of hydrogen-bond acceptors (Lipinski definition) is 2. The SMILES string of the molecule is Cc1cc(CCl)cc(Oc2cc(F)c(Cl)cc2Br)n1. The van der Waals surface area contributed by atoms with Gasteiger partial charge in [-0.1, -0.05) is 11.6 Å². The van der Waals surface area contributed by atoms with Crippen molar-refractivity contribution in [2.24, 2.45) is 0 Å². The van der Waals surface area contributed by atoms with E-state index in [9.17, 15) is 4.39 Å². The number of alkyl halides is 1. The molecule has 0 saturated carbocycles. The van der Waals surface area contributed by atoms with E-state index in [1.165, 1.54) is 12.1 Å². The molecule has 0 fully saturated rings. The first-order valence-corrected chi connectivity index (χ1v) is 7.06.